The van der Waals surface area contributed by atoms with Crippen LogP contribution in [-0.4, -0.2) is 52.8 Å². The van der Waals surface area contributed by atoms with Crippen LogP contribution in [0.5, 0.6) is 5.75 Å². The molecule has 0 aliphatic heterocycles. The molecule has 0 radical (unpaired) electrons. The van der Waals surface area contributed by atoms with E-state index in [0.717, 1.165) is 48.9 Å². The number of hydrogen-bond acceptors (Lipinski definition) is 3. The van der Waals surface area contributed by atoms with E-state index in [1.165, 1.54) is 10.9 Å². The molecule has 1 N–H and O–H groups in total. The summed E-state index contributed by atoms with van der Waals surface area (Å²) in [6, 6.07) is 16.2. The molecule has 1 aliphatic rings. The highest BCUT2D eigenvalue weighted by molar-refractivity contribution is 5.86. The van der Waals surface area contributed by atoms with Gasteiger partial charge < -0.3 is 19.5 Å². The zero-order valence-electron chi connectivity index (χ0n) is 21.0. The predicted molar refractivity (Wildman–Crippen MR) is 139 cm³/mol. The lowest BCUT2D eigenvalue weighted by Crippen LogP contribution is -2.46. The van der Waals surface area contributed by atoms with Crippen molar-refractivity contribution >= 4 is 22.7 Å². The number of fused-ring (bicyclic) bond motifs is 1. The molecular weight excluding hydrogens is 438 g/mol. The predicted octanol–water partition coefficient (Wildman–Crippen LogP) is 5.18. The molecule has 6 heteroatoms. The van der Waals surface area contributed by atoms with Crippen molar-refractivity contribution in [2.75, 3.05) is 26.2 Å². The fraction of sp³-hybridized carbons (Fsp3) is 0.448. The average Bonchev–Trinajstić information content (AvgIpc) is 3.24. The van der Waals surface area contributed by atoms with Gasteiger partial charge in [-0.1, -0.05) is 43.7 Å². The minimum Gasteiger partial charge on any atom is -0.494 e. The van der Waals surface area contributed by atoms with E-state index in [2.05, 4.69) is 24.0 Å². The molecule has 1 aliphatic carbocycles. The number of H-pyrrole nitrogens is 1. The maximum absolute atomic E-state index is 13.6. The minimum absolute atomic E-state index is 0.000139. The number of nitrogens with one attached hydrogen (secondary N) is 1. The van der Waals surface area contributed by atoms with Gasteiger partial charge in [-0.3, -0.25) is 9.59 Å². The summed E-state index contributed by atoms with van der Waals surface area (Å²) in [5.74, 6) is 1.07. The van der Waals surface area contributed by atoms with Crippen LogP contribution in [0.25, 0.3) is 10.9 Å². The van der Waals surface area contributed by atoms with Gasteiger partial charge in [0, 0.05) is 42.7 Å². The first-order valence-electron chi connectivity index (χ1n) is 12.9. The number of carbonyl (C=O) groups is 2. The fourth-order valence-electron chi connectivity index (χ4n) is 4.68. The zero-order valence-corrected chi connectivity index (χ0v) is 21.0. The number of ether oxygens (including phenoxy) is 1. The fourth-order valence-corrected chi connectivity index (χ4v) is 4.68. The Hall–Kier alpha value is -3.28. The Morgan fingerprint density at radius 1 is 1.00 bits per heavy atom. The van der Waals surface area contributed by atoms with Crippen molar-refractivity contribution in [3.05, 3.63) is 65.9 Å². The molecule has 2 aromatic carbocycles. The molecule has 6 nitrogen and oxygen atoms in total. The van der Waals surface area contributed by atoms with Gasteiger partial charge in [0.2, 0.25) is 11.8 Å². The van der Waals surface area contributed by atoms with Crippen molar-refractivity contribution in [3.8, 4) is 5.75 Å². The van der Waals surface area contributed by atoms with E-state index in [-0.39, 0.29) is 24.3 Å². The zero-order chi connectivity index (χ0) is 24.6. The summed E-state index contributed by atoms with van der Waals surface area (Å²) in [7, 11) is 0. The van der Waals surface area contributed by atoms with Gasteiger partial charge in [-0.15, -0.1) is 0 Å². The van der Waals surface area contributed by atoms with Gasteiger partial charge in [0.05, 0.1) is 13.2 Å². The van der Waals surface area contributed by atoms with Gasteiger partial charge in [0.15, 0.2) is 0 Å². The molecule has 4 rings (SSSR count). The molecule has 0 atom stereocenters. The first-order valence-corrected chi connectivity index (χ1v) is 12.9. The van der Waals surface area contributed by atoms with Crippen LogP contribution in [0.15, 0.2) is 54.7 Å². The third-order valence-corrected chi connectivity index (χ3v) is 6.87. The number of amides is 2. The largest absolute Gasteiger partial charge is 0.494 e. The van der Waals surface area contributed by atoms with E-state index >= 15 is 0 Å². The van der Waals surface area contributed by atoms with Crippen molar-refractivity contribution in [1.82, 2.24) is 14.8 Å². The van der Waals surface area contributed by atoms with Gasteiger partial charge in [0.25, 0.3) is 0 Å². The SMILES string of the molecule is CCCN(CC(=O)N(CCc1c[nH]c2ccccc12)Cc1ccc(OCC)cc1)C(=O)C1CCC1. The van der Waals surface area contributed by atoms with Gasteiger partial charge in [0.1, 0.15) is 5.75 Å². The molecule has 1 aromatic heterocycles. The number of para-hydroxylation sites is 1. The highest BCUT2D eigenvalue weighted by Crippen LogP contribution is 2.28. The molecule has 3 aromatic rings. The van der Waals surface area contributed by atoms with Crippen LogP contribution in [0.1, 0.15) is 50.7 Å². The quantitative estimate of drug-likeness (QED) is 0.393. The van der Waals surface area contributed by atoms with Gasteiger partial charge >= 0.3 is 0 Å². The lowest BCUT2D eigenvalue weighted by molar-refractivity contribution is -0.145. The summed E-state index contributed by atoms with van der Waals surface area (Å²) in [4.78, 5) is 33.5. The molecule has 35 heavy (non-hydrogen) atoms. The smallest absolute Gasteiger partial charge is 0.242 e. The molecule has 1 heterocycles. The third kappa shape index (κ3) is 6.24. The summed E-state index contributed by atoms with van der Waals surface area (Å²) < 4.78 is 5.57. The lowest BCUT2D eigenvalue weighted by Gasteiger charge is -2.33. The number of aromatic nitrogens is 1. The maximum Gasteiger partial charge on any atom is 0.242 e. The molecule has 186 valence electrons. The van der Waals surface area contributed by atoms with E-state index in [9.17, 15) is 9.59 Å². The Morgan fingerprint density at radius 3 is 2.46 bits per heavy atom. The minimum atomic E-state index is -0.000139. The van der Waals surface area contributed by atoms with Gasteiger partial charge in [-0.25, -0.2) is 0 Å². The topological polar surface area (TPSA) is 65.6 Å². The molecule has 1 fully saturated rings. The van der Waals surface area contributed by atoms with Crippen LogP contribution in [0, 0.1) is 5.92 Å². The number of nitrogens with zero attached hydrogens (tertiary/aromatic N) is 2. The summed E-state index contributed by atoms with van der Waals surface area (Å²) in [5.41, 5.74) is 3.35. The first kappa shape index (κ1) is 24.8. The number of hydrogen-bond donors (Lipinski definition) is 1. The lowest BCUT2D eigenvalue weighted by atomic mass is 9.84. The van der Waals surface area contributed by atoms with Crippen LogP contribution in [0.2, 0.25) is 0 Å². The number of benzene rings is 2. The summed E-state index contributed by atoms with van der Waals surface area (Å²) >= 11 is 0. The Morgan fingerprint density at radius 2 is 1.77 bits per heavy atom. The molecule has 0 saturated heterocycles. The van der Waals surface area contributed by atoms with Crippen molar-refractivity contribution in [3.63, 3.8) is 0 Å². The molecule has 0 unspecified atom stereocenters. The van der Waals surface area contributed by atoms with E-state index in [0.29, 0.717) is 26.2 Å². The molecule has 0 bridgehead atoms. The Labute approximate surface area is 208 Å². The van der Waals surface area contributed by atoms with Crippen LogP contribution < -0.4 is 4.74 Å². The highest BCUT2D eigenvalue weighted by Gasteiger charge is 2.31. The summed E-state index contributed by atoms with van der Waals surface area (Å²) in [6.45, 7) is 6.51. The van der Waals surface area contributed by atoms with Crippen molar-refractivity contribution in [2.24, 2.45) is 5.92 Å². The first-order chi connectivity index (χ1) is 17.1. The summed E-state index contributed by atoms with van der Waals surface area (Å²) in [5, 5.41) is 1.19. The van der Waals surface area contributed by atoms with E-state index in [1.54, 1.807) is 4.90 Å². The van der Waals surface area contributed by atoms with Crippen molar-refractivity contribution in [2.45, 2.75) is 52.5 Å². The van der Waals surface area contributed by atoms with Crippen LogP contribution in [0.3, 0.4) is 0 Å². The number of carbonyl (C=O) groups excluding carboxylic acids is 2. The molecular formula is C29H37N3O3. The van der Waals surface area contributed by atoms with Crippen LogP contribution in [-0.2, 0) is 22.6 Å². The number of rotatable bonds is 12. The van der Waals surface area contributed by atoms with Gasteiger partial charge in [-0.2, -0.15) is 0 Å². The van der Waals surface area contributed by atoms with Gasteiger partial charge in [-0.05, 0) is 61.9 Å². The summed E-state index contributed by atoms with van der Waals surface area (Å²) in [6.07, 6.45) is 6.64. The Balaban J connectivity index is 1.49. The van der Waals surface area contributed by atoms with E-state index in [1.807, 2.05) is 54.4 Å². The standard InChI is InChI=1S/C29H37N3O3/c1-3-17-32(29(34)23-8-7-9-23)21-28(33)31(20-22-12-14-25(15-13-22)35-4-2)18-16-24-19-30-27-11-6-5-10-26(24)27/h5-6,10-15,19,23,30H,3-4,7-9,16-18,20-21H2,1-2H3. The Bertz CT molecular complexity index is 1120. The van der Waals surface area contributed by atoms with Crippen LogP contribution >= 0.6 is 0 Å². The maximum atomic E-state index is 13.6. The second-order valence-electron chi connectivity index (χ2n) is 9.39. The highest BCUT2D eigenvalue weighted by atomic mass is 16.5. The molecule has 1 saturated carbocycles. The average molecular weight is 476 g/mol. The second-order valence-corrected chi connectivity index (χ2v) is 9.39. The third-order valence-electron chi connectivity index (χ3n) is 6.87. The van der Waals surface area contributed by atoms with Crippen LogP contribution in [0.4, 0.5) is 0 Å². The molecule has 0 spiro atoms. The normalized spacial score (nSPS) is 13.4. The second kappa shape index (κ2) is 11.9. The number of aromatic amines is 1. The monoisotopic (exact) mass is 475 g/mol. The van der Waals surface area contributed by atoms with E-state index < -0.39 is 0 Å². The van der Waals surface area contributed by atoms with E-state index in [4.69, 9.17) is 4.74 Å². The molecule has 2 amide bonds. The Kier molecular flexibility index (Phi) is 8.45. The van der Waals surface area contributed by atoms with Crippen molar-refractivity contribution in [1.29, 1.82) is 0 Å². The van der Waals surface area contributed by atoms with Crippen molar-refractivity contribution < 1.29 is 14.3 Å².